The van der Waals surface area contributed by atoms with Crippen molar-refractivity contribution < 1.29 is 19.4 Å². The summed E-state index contributed by atoms with van der Waals surface area (Å²) in [5, 5.41) is 9.02. The summed E-state index contributed by atoms with van der Waals surface area (Å²) in [5.74, 6) is 5.44. The third kappa shape index (κ3) is 4.59. The lowest BCUT2D eigenvalue weighted by atomic mass is 9.71. The summed E-state index contributed by atoms with van der Waals surface area (Å²) in [6.07, 6.45) is 5.21. The molecule has 0 saturated carbocycles. The summed E-state index contributed by atoms with van der Waals surface area (Å²) in [7, 11) is 0. The second kappa shape index (κ2) is 8.63. The van der Waals surface area contributed by atoms with Gasteiger partial charge in [-0.2, -0.15) is 0 Å². The number of carbonyl (C=O) groups is 1. The SMILES string of the molecule is CC1(C)CC[C@H](O[C@H]2CCCCO2)c2cc(C#Cc3ccc(C(=O)O)cc3)ccc21. The van der Waals surface area contributed by atoms with Crippen molar-refractivity contribution in [1.82, 2.24) is 0 Å². The molecule has 1 aliphatic carbocycles. The van der Waals surface area contributed by atoms with Crippen LogP contribution in [-0.4, -0.2) is 24.0 Å². The van der Waals surface area contributed by atoms with Gasteiger partial charge in [-0.3, -0.25) is 0 Å². The Hall–Kier alpha value is -2.61. The van der Waals surface area contributed by atoms with E-state index in [1.54, 1.807) is 24.3 Å². The van der Waals surface area contributed by atoms with Gasteiger partial charge in [-0.15, -0.1) is 0 Å². The smallest absolute Gasteiger partial charge is 0.335 e. The van der Waals surface area contributed by atoms with Gasteiger partial charge >= 0.3 is 5.97 Å². The highest BCUT2D eigenvalue weighted by atomic mass is 16.7. The summed E-state index contributed by atoms with van der Waals surface area (Å²) < 4.78 is 12.2. The quantitative estimate of drug-likeness (QED) is 0.692. The molecular weight excluding hydrogens is 376 g/mol. The van der Waals surface area contributed by atoms with Gasteiger partial charge in [0, 0.05) is 17.7 Å². The van der Waals surface area contributed by atoms with Crippen molar-refractivity contribution in [1.29, 1.82) is 0 Å². The fourth-order valence-corrected chi connectivity index (χ4v) is 4.29. The predicted molar refractivity (Wildman–Crippen MR) is 116 cm³/mol. The van der Waals surface area contributed by atoms with Crippen LogP contribution in [0.4, 0.5) is 0 Å². The standard InChI is InChI=1S/C26H28O4/c1-26(2)15-14-23(30-24-5-3-4-16-29-24)21-17-19(10-13-22(21)26)7-6-18-8-11-20(12-9-18)25(27)28/h8-13,17,23-24H,3-5,14-16H2,1-2H3,(H,27,28)/t23-,24-/m0/s1. The first kappa shape index (κ1) is 20.7. The zero-order valence-corrected chi connectivity index (χ0v) is 17.6. The van der Waals surface area contributed by atoms with E-state index in [9.17, 15) is 4.79 Å². The molecule has 1 N–H and O–H groups in total. The van der Waals surface area contributed by atoms with Crippen molar-refractivity contribution in [2.24, 2.45) is 0 Å². The van der Waals surface area contributed by atoms with E-state index in [1.165, 1.54) is 11.1 Å². The van der Waals surface area contributed by atoms with Crippen molar-refractivity contribution in [2.45, 2.75) is 63.8 Å². The Kier molecular flexibility index (Phi) is 5.94. The number of carboxylic acids is 1. The molecule has 2 atom stereocenters. The number of rotatable bonds is 3. The average Bonchev–Trinajstić information content (AvgIpc) is 2.75. The molecule has 2 aromatic rings. The van der Waals surface area contributed by atoms with Crippen molar-refractivity contribution >= 4 is 5.97 Å². The highest BCUT2D eigenvalue weighted by Crippen LogP contribution is 2.44. The molecule has 1 fully saturated rings. The van der Waals surface area contributed by atoms with Crippen LogP contribution in [0.2, 0.25) is 0 Å². The molecule has 0 bridgehead atoms. The van der Waals surface area contributed by atoms with Gasteiger partial charge in [0.1, 0.15) is 0 Å². The third-order valence-corrected chi connectivity index (χ3v) is 6.10. The molecule has 1 aliphatic heterocycles. The Morgan fingerprint density at radius 1 is 1.07 bits per heavy atom. The molecule has 0 aromatic heterocycles. The lowest BCUT2D eigenvalue weighted by molar-refractivity contribution is -0.193. The van der Waals surface area contributed by atoms with Crippen LogP contribution in [0.3, 0.4) is 0 Å². The van der Waals surface area contributed by atoms with Crippen LogP contribution in [0.1, 0.15) is 84.7 Å². The van der Waals surface area contributed by atoms with E-state index in [4.69, 9.17) is 14.6 Å². The molecule has 156 valence electrons. The number of aromatic carboxylic acids is 1. The van der Waals surface area contributed by atoms with E-state index in [2.05, 4.69) is 43.9 Å². The monoisotopic (exact) mass is 404 g/mol. The maximum absolute atomic E-state index is 11.0. The zero-order valence-electron chi connectivity index (χ0n) is 17.6. The average molecular weight is 405 g/mol. The number of carboxylic acid groups (broad SMARTS) is 1. The Labute approximate surface area is 178 Å². The number of ether oxygens (including phenoxy) is 2. The van der Waals surface area contributed by atoms with Crippen LogP contribution < -0.4 is 0 Å². The van der Waals surface area contributed by atoms with E-state index >= 15 is 0 Å². The lowest BCUT2D eigenvalue weighted by Gasteiger charge is -2.38. The van der Waals surface area contributed by atoms with E-state index in [1.807, 2.05) is 0 Å². The Bertz CT molecular complexity index is 972. The number of benzene rings is 2. The second-order valence-electron chi connectivity index (χ2n) is 8.78. The van der Waals surface area contributed by atoms with Crippen molar-refractivity contribution in [3.8, 4) is 11.8 Å². The molecule has 4 nitrogen and oxygen atoms in total. The van der Waals surface area contributed by atoms with Gasteiger partial charge < -0.3 is 14.6 Å². The molecule has 1 heterocycles. The van der Waals surface area contributed by atoms with E-state index in [-0.39, 0.29) is 23.4 Å². The Morgan fingerprint density at radius 3 is 2.50 bits per heavy atom. The van der Waals surface area contributed by atoms with E-state index < -0.39 is 5.97 Å². The van der Waals surface area contributed by atoms with Crippen LogP contribution in [0, 0.1) is 11.8 Å². The molecular formula is C26H28O4. The van der Waals surface area contributed by atoms with Gasteiger partial charge in [0.2, 0.25) is 0 Å². The molecule has 30 heavy (non-hydrogen) atoms. The van der Waals surface area contributed by atoms with Crippen molar-refractivity contribution in [2.75, 3.05) is 6.61 Å². The topological polar surface area (TPSA) is 55.8 Å². The highest BCUT2D eigenvalue weighted by molar-refractivity contribution is 5.87. The van der Waals surface area contributed by atoms with Gasteiger partial charge in [-0.25, -0.2) is 4.79 Å². The fraction of sp³-hybridized carbons (Fsp3) is 0.423. The minimum Gasteiger partial charge on any atom is -0.478 e. The van der Waals surface area contributed by atoms with E-state index in [0.29, 0.717) is 0 Å². The van der Waals surface area contributed by atoms with Gasteiger partial charge in [0.05, 0.1) is 11.7 Å². The number of fused-ring (bicyclic) bond motifs is 1. The van der Waals surface area contributed by atoms with E-state index in [0.717, 1.165) is 49.8 Å². The zero-order chi connectivity index (χ0) is 21.1. The van der Waals surface area contributed by atoms with Crippen molar-refractivity contribution in [3.05, 3.63) is 70.3 Å². The molecule has 0 radical (unpaired) electrons. The Morgan fingerprint density at radius 2 is 1.80 bits per heavy atom. The molecule has 0 spiro atoms. The maximum atomic E-state index is 11.0. The van der Waals surface area contributed by atoms with Crippen LogP contribution in [0.5, 0.6) is 0 Å². The number of hydrogen-bond donors (Lipinski definition) is 1. The fourth-order valence-electron chi connectivity index (χ4n) is 4.29. The molecule has 2 aliphatic rings. The minimum atomic E-state index is -0.931. The van der Waals surface area contributed by atoms with Gasteiger partial charge in [-0.05, 0) is 85.0 Å². The minimum absolute atomic E-state index is 0.0349. The maximum Gasteiger partial charge on any atom is 0.335 e. The molecule has 0 amide bonds. The third-order valence-electron chi connectivity index (χ3n) is 6.10. The first-order valence-electron chi connectivity index (χ1n) is 10.7. The summed E-state index contributed by atoms with van der Waals surface area (Å²) in [5.41, 5.74) is 4.65. The summed E-state index contributed by atoms with van der Waals surface area (Å²) in [6.45, 7) is 5.35. The summed E-state index contributed by atoms with van der Waals surface area (Å²) >= 11 is 0. The normalized spacial score (nSPS) is 22.5. The molecule has 4 rings (SSSR count). The van der Waals surface area contributed by atoms with Gasteiger partial charge in [-0.1, -0.05) is 31.8 Å². The van der Waals surface area contributed by atoms with Crippen LogP contribution in [-0.2, 0) is 14.9 Å². The number of hydrogen-bond acceptors (Lipinski definition) is 3. The highest BCUT2D eigenvalue weighted by Gasteiger charge is 2.34. The van der Waals surface area contributed by atoms with Crippen LogP contribution in [0.15, 0.2) is 42.5 Å². The summed E-state index contributed by atoms with van der Waals surface area (Å²) in [6, 6.07) is 13.0. The van der Waals surface area contributed by atoms with Gasteiger partial charge in [0.15, 0.2) is 6.29 Å². The predicted octanol–water partition coefficient (Wildman–Crippen LogP) is 5.44. The first-order valence-corrected chi connectivity index (χ1v) is 10.7. The second-order valence-corrected chi connectivity index (χ2v) is 8.78. The van der Waals surface area contributed by atoms with Crippen molar-refractivity contribution in [3.63, 3.8) is 0 Å². The van der Waals surface area contributed by atoms with Gasteiger partial charge in [0.25, 0.3) is 0 Å². The Balaban J connectivity index is 1.59. The van der Waals surface area contributed by atoms with Crippen LogP contribution in [0.25, 0.3) is 0 Å². The summed E-state index contributed by atoms with van der Waals surface area (Å²) in [4.78, 5) is 11.0. The first-order chi connectivity index (χ1) is 14.4. The largest absolute Gasteiger partial charge is 0.478 e. The molecule has 4 heteroatoms. The van der Waals surface area contributed by atoms with Crippen LogP contribution >= 0.6 is 0 Å². The molecule has 0 unspecified atom stereocenters. The molecule has 2 aromatic carbocycles. The molecule has 1 saturated heterocycles. The lowest BCUT2D eigenvalue weighted by Crippen LogP contribution is -2.31.